The van der Waals surface area contributed by atoms with Crippen LogP contribution < -0.4 is 4.90 Å². The number of rotatable bonds is 4. The lowest BCUT2D eigenvalue weighted by atomic mass is 10.1. The van der Waals surface area contributed by atoms with Crippen molar-refractivity contribution in [2.75, 3.05) is 18.6 Å². The Bertz CT molecular complexity index is 481. The van der Waals surface area contributed by atoms with E-state index in [1.807, 2.05) is 14.0 Å². The van der Waals surface area contributed by atoms with E-state index in [4.69, 9.17) is 16.3 Å². The molecule has 5 nitrogen and oxygen atoms in total. The number of nitro benzene ring substituents is 1. The van der Waals surface area contributed by atoms with Crippen LogP contribution in [0.2, 0.25) is 0 Å². The Hall–Kier alpha value is -1.33. The standard InChI is InChI=1S/C13H17ClN2O3/c1-9-12(5-6-19-9)15(2)13-4-3-11(16(17)18)7-10(13)8-14/h3-4,7,9,12H,5-6,8H2,1-2H3. The molecule has 1 fully saturated rings. The molecule has 19 heavy (non-hydrogen) atoms. The molecule has 1 aromatic rings. The number of likely N-dealkylation sites (N-methyl/N-ethyl adjacent to an activating group) is 1. The Morgan fingerprint density at radius 1 is 1.58 bits per heavy atom. The second-order valence-electron chi connectivity index (χ2n) is 4.75. The lowest BCUT2D eigenvalue weighted by molar-refractivity contribution is -0.384. The first-order valence-corrected chi connectivity index (χ1v) is 6.75. The molecule has 2 atom stereocenters. The minimum Gasteiger partial charge on any atom is -0.376 e. The van der Waals surface area contributed by atoms with Crippen molar-refractivity contribution in [3.8, 4) is 0 Å². The molecule has 0 radical (unpaired) electrons. The zero-order valence-electron chi connectivity index (χ0n) is 11.0. The van der Waals surface area contributed by atoms with E-state index in [1.54, 1.807) is 12.1 Å². The van der Waals surface area contributed by atoms with Gasteiger partial charge >= 0.3 is 0 Å². The van der Waals surface area contributed by atoms with Gasteiger partial charge in [0.1, 0.15) is 0 Å². The van der Waals surface area contributed by atoms with E-state index in [0.717, 1.165) is 24.3 Å². The van der Waals surface area contributed by atoms with Gasteiger partial charge in [0.25, 0.3) is 5.69 Å². The molecule has 1 heterocycles. The number of hydrogen-bond donors (Lipinski definition) is 0. The van der Waals surface area contributed by atoms with Gasteiger partial charge in [-0.25, -0.2) is 0 Å². The second kappa shape index (κ2) is 5.75. The van der Waals surface area contributed by atoms with Crippen LogP contribution in [0.15, 0.2) is 18.2 Å². The second-order valence-corrected chi connectivity index (χ2v) is 5.01. The maximum absolute atomic E-state index is 10.8. The predicted molar refractivity (Wildman–Crippen MR) is 74.9 cm³/mol. The van der Waals surface area contributed by atoms with Crippen molar-refractivity contribution in [1.29, 1.82) is 0 Å². The molecule has 2 unspecified atom stereocenters. The fourth-order valence-electron chi connectivity index (χ4n) is 2.54. The van der Waals surface area contributed by atoms with Gasteiger partial charge in [-0.3, -0.25) is 10.1 Å². The first-order valence-electron chi connectivity index (χ1n) is 6.22. The highest BCUT2D eigenvalue weighted by Gasteiger charge is 2.29. The number of hydrogen-bond acceptors (Lipinski definition) is 4. The number of non-ortho nitro benzene ring substituents is 1. The normalized spacial score (nSPS) is 22.5. The molecule has 0 amide bonds. The molecule has 1 aliphatic heterocycles. The largest absolute Gasteiger partial charge is 0.376 e. The average molecular weight is 285 g/mol. The Morgan fingerprint density at radius 2 is 2.32 bits per heavy atom. The minimum absolute atomic E-state index is 0.0727. The summed E-state index contributed by atoms with van der Waals surface area (Å²) in [7, 11) is 1.98. The van der Waals surface area contributed by atoms with Crippen molar-refractivity contribution in [1.82, 2.24) is 0 Å². The Labute approximate surface area is 117 Å². The zero-order chi connectivity index (χ0) is 14.0. The molecule has 0 spiro atoms. The zero-order valence-corrected chi connectivity index (χ0v) is 11.8. The summed E-state index contributed by atoms with van der Waals surface area (Å²) in [4.78, 5) is 12.5. The summed E-state index contributed by atoms with van der Waals surface area (Å²) in [6.07, 6.45) is 1.11. The van der Waals surface area contributed by atoms with Crippen LogP contribution >= 0.6 is 11.6 Å². The third-order valence-corrected chi connectivity index (χ3v) is 3.92. The van der Waals surface area contributed by atoms with Crippen LogP contribution in [0.4, 0.5) is 11.4 Å². The average Bonchev–Trinajstić information content (AvgIpc) is 2.83. The number of anilines is 1. The van der Waals surface area contributed by atoms with Crippen LogP contribution in [0.1, 0.15) is 18.9 Å². The van der Waals surface area contributed by atoms with Crippen LogP contribution in [-0.2, 0) is 10.6 Å². The lowest BCUT2D eigenvalue weighted by Crippen LogP contribution is -2.37. The van der Waals surface area contributed by atoms with Gasteiger partial charge in [-0.15, -0.1) is 11.6 Å². The van der Waals surface area contributed by atoms with E-state index in [1.165, 1.54) is 6.07 Å². The maximum atomic E-state index is 10.8. The number of benzene rings is 1. The van der Waals surface area contributed by atoms with Crippen molar-refractivity contribution < 1.29 is 9.66 Å². The van der Waals surface area contributed by atoms with E-state index >= 15 is 0 Å². The van der Waals surface area contributed by atoms with Gasteiger partial charge in [-0.2, -0.15) is 0 Å². The molecule has 2 rings (SSSR count). The number of alkyl halides is 1. The fourth-order valence-corrected chi connectivity index (χ4v) is 2.76. The summed E-state index contributed by atoms with van der Waals surface area (Å²) in [6.45, 7) is 2.79. The molecular weight excluding hydrogens is 268 g/mol. The number of halogens is 1. The molecule has 0 bridgehead atoms. The molecule has 0 aliphatic carbocycles. The monoisotopic (exact) mass is 284 g/mol. The van der Waals surface area contributed by atoms with Crippen molar-refractivity contribution in [3.05, 3.63) is 33.9 Å². The van der Waals surface area contributed by atoms with Gasteiger partial charge in [-0.05, 0) is 25.0 Å². The molecule has 1 aliphatic rings. The van der Waals surface area contributed by atoms with E-state index < -0.39 is 4.92 Å². The van der Waals surface area contributed by atoms with E-state index in [0.29, 0.717) is 0 Å². The van der Waals surface area contributed by atoms with Crippen LogP contribution in [0.25, 0.3) is 0 Å². The quantitative estimate of drug-likeness (QED) is 0.485. The highest BCUT2D eigenvalue weighted by molar-refractivity contribution is 6.17. The first-order chi connectivity index (χ1) is 9.04. The lowest BCUT2D eigenvalue weighted by Gasteiger charge is -2.30. The molecular formula is C13H17ClN2O3. The van der Waals surface area contributed by atoms with Gasteiger partial charge in [0.05, 0.1) is 17.1 Å². The van der Waals surface area contributed by atoms with Gasteiger partial charge < -0.3 is 9.64 Å². The molecule has 0 aromatic heterocycles. The van der Waals surface area contributed by atoms with E-state index in [9.17, 15) is 10.1 Å². The van der Waals surface area contributed by atoms with Crippen molar-refractivity contribution in [2.45, 2.75) is 31.4 Å². The van der Waals surface area contributed by atoms with Crippen molar-refractivity contribution >= 4 is 23.0 Å². The topological polar surface area (TPSA) is 55.6 Å². The molecule has 1 aromatic carbocycles. The summed E-state index contributed by atoms with van der Waals surface area (Å²) < 4.78 is 5.56. The molecule has 0 N–H and O–H groups in total. The summed E-state index contributed by atoms with van der Waals surface area (Å²) in [5.74, 6) is 0.253. The van der Waals surface area contributed by atoms with Gasteiger partial charge in [-0.1, -0.05) is 0 Å². The summed E-state index contributed by atoms with van der Waals surface area (Å²) in [5, 5.41) is 10.8. The molecule has 1 saturated heterocycles. The maximum Gasteiger partial charge on any atom is 0.269 e. The summed E-state index contributed by atoms with van der Waals surface area (Å²) >= 11 is 5.92. The fraction of sp³-hybridized carbons (Fsp3) is 0.538. The highest BCUT2D eigenvalue weighted by atomic mass is 35.5. The Kier molecular flexibility index (Phi) is 4.27. The molecule has 0 saturated carbocycles. The summed E-state index contributed by atoms with van der Waals surface area (Å²) in [5.41, 5.74) is 1.78. The molecule has 104 valence electrons. The third kappa shape index (κ3) is 2.82. The summed E-state index contributed by atoms with van der Waals surface area (Å²) in [6, 6.07) is 5.10. The third-order valence-electron chi connectivity index (χ3n) is 3.63. The van der Waals surface area contributed by atoms with Crippen LogP contribution in [0.3, 0.4) is 0 Å². The smallest absolute Gasteiger partial charge is 0.269 e. The number of ether oxygens (including phenoxy) is 1. The molecule has 6 heteroatoms. The SMILES string of the molecule is CC1OCCC1N(C)c1ccc([N+](=O)[O-])cc1CCl. The van der Waals surface area contributed by atoms with Crippen molar-refractivity contribution in [3.63, 3.8) is 0 Å². The van der Waals surface area contributed by atoms with E-state index in [2.05, 4.69) is 4.90 Å². The highest BCUT2D eigenvalue weighted by Crippen LogP contribution is 2.30. The first kappa shape index (κ1) is 14.1. The van der Waals surface area contributed by atoms with Crippen molar-refractivity contribution in [2.24, 2.45) is 0 Å². The van der Waals surface area contributed by atoms with E-state index in [-0.39, 0.29) is 23.7 Å². The number of nitrogens with zero attached hydrogens (tertiary/aromatic N) is 2. The van der Waals surface area contributed by atoms with Crippen LogP contribution in [-0.4, -0.2) is 30.7 Å². The van der Waals surface area contributed by atoms with Gasteiger partial charge in [0.15, 0.2) is 0 Å². The van der Waals surface area contributed by atoms with Crippen LogP contribution in [0, 0.1) is 10.1 Å². The Balaban J connectivity index is 2.30. The van der Waals surface area contributed by atoms with Gasteiger partial charge in [0.2, 0.25) is 0 Å². The number of nitro groups is 1. The Morgan fingerprint density at radius 3 is 2.84 bits per heavy atom. The van der Waals surface area contributed by atoms with Crippen LogP contribution in [0.5, 0.6) is 0 Å². The van der Waals surface area contributed by atoms with Gasteiger partial charge in [0, 0.05) is 37.4 Å². The predicted octanol–water partition coefficient (Wildman–Crippen LogP) is 2.95. The minimum atomic E-state index is -0.402.